The Hall–Kier alpha value is -3.12. The van der Waals surface area contributed by atoms with Gasteiger partial charge in [-0.15, -0.1) is 0 Å². The molecule has 1 aromatic heterocycles. The standard InChI is InChI=1S/C24H26N2O4/c1-29-22-12-7-15(13-23(22)30-2)21-14-19(18-5-3-4-6-20(18)26-21)24(28)25-16-8-10-17(27)11-9-16/h3-7,12-14,16-17,27H,8-11H2,1-2H3,(H,25,28). The van der Waals surface area contributed by atoms with Crippen molar-refractivity contribution in [3.8, 4) is 22.8 Å². The van der Waals surface area contributed by atoms with E-state index in [0.717, 1.165) is 42.1 Å². The van der Waals surface area contributed by atoms with Crippen LogP contribution in [0.2, 0.25) is 0 Å². The van der Waals surface area contributed by atoms with E-state index in [2.05, 4.69) is 5.32 Å². The average molecular weight is 406 g/mol. The van der Waals surface area contributed by atoms with Gasteiger partial charge in [0.25, 0.3) is 5.91 Å². The van der Waals surface area contributed by atoms with Crippen LogP contribution in [0.15, 0.2) is 48.5 Å². The number of pyridine rings is 1. The molecule has 0 radical (unpaired) electrons. The number of aromatic nitrogens is 1. The Labute approximate surface area is 175 Å². The summed E-state index contributed by atoms with van der Waals surface area (Å²) in [6.45, 7) is 0. The number of hydrogen-bond acceptors (Lipinski definition) is 5. The van der Waals surface area contributed by atoms with Crippen LogP contribution in [0.5, 0.6) is 11.5 Å². The number of methoxy groups -OCH3 is 2. The van der Waals surface area contributed by atoms with Crippen LogP contribution in [0, 0.1) is 0 Å². The van der Waals surface area contributed by atoms with Gasteiger partial charge in [-0.2, -0.15) is 0 Å². The van der Waals surface area contributed by atoms with Gasteiger partial charge >= 0.3 is 0 Å². The predicted octanol–water partition coefficient (Wildman–Crippen LogP) is 3.95. The molecular weight excluding hydrogens is 380 g/mol. The summed E-state index contributed by atoms with van der Waals surface area (Å²) in [4.78, 5) is 17.9. The Bertz CT molecular complexity index is 1060. The van der Waals surface area contributed by atoms with E-state index in [1.165, 1.54) is 0 Å². The molecule has 6 nitrogen and oxygen atoms in total. The van der Waals surface area contributed by atoms with Gasteiger partial charge in [-0.1, -0.05) is 18.2 Å². The topological polar surface area (TPSA) is 80.7 Å². The maximum atomic E-state index is 13.2. The average Bonchev–Trinajstić information content (AvgIpc) is 2.79. The lowest BCUT2D eigenvalue weighted by atomic mass is 9.92. The van der Waals surface area contributed by atoms with Crippen LogP contribution in [0.25, 0.3) is 22.2 Å². The number of rotatable bonds is 5. The Morgan fingerprint density at radius 1 is 1.00 bits per heavy atom. The smallest absolute Gasteiger partial charge is 0.252 e. The first-order valence-corrected chi connectivity index (χ1v) is 10.2. The summed E-state index contributed by atoms with van der Waals surface area (Å²) in [6, 6.07) is 15.2. The number of aliphatic hydroxyl groups excluding tert-OH is 1. The Morgan fingerprint density at radius 2 is 1.73 bits per heavy atom. The highest BCUT2D eigenvalue weighted by atomic mass is 16.5. The summed E-state index contributed by atoms with van der Waals surface area (Å²) in [5, 5.41) is 13.7. The Balaban J connectivity index is 1.72. The van der Waals surface area contributed by atoms with Crippen molar-refractivity contribution in [3.63, 3.8) is 0 Å². The van der Waals surface area contributed by atoms with E-state index in [1.807, 2.05) is 48.5 Å². The van der Waals surface area contributed by atoms with E-state index in [-0.39, 0.29) is 18.1 Å². The second-order valence-corrected chi connectivity index (χ2v) is 7.62. The molecule has 4 rings (SSSR count). The molecule has 3 aromatic rings. The lowest BCUT2D eigenvalue weighted by Gasteiger charge is -2.26. The zero-order valence-electron chi connectivity index (χ0n) is 17.2. The van der Waals surface area contributed by atoms with Gasteiger partial charge in [0.2, 0.25) is 0 Å². The van der Waals surface area contributed by atoms with Gasteiger partial charge in [0.15, 0.2) is 11.5 Å². The second-order valence-electron chi connectivity index (χ2n) is 7.62. The fraction of sp³-hybridized carbons (Fsp3) is 0.333. The molecule has 0 atom stereocenters. The Morgan fingerprint density at radius 3 is 2.47 bits per heavy atom. The van der Waals surface area contributed by atoms with E-state index in [9.17, 15) is 9.90 Å². The van der Waals surface area contributed by atoms with Crippen molar-refractivity contribution in [3.05, 3.63) is 54.1 Å². The van der Waals surface area contributed by atoms with Gasteiger partial charge in [-0.25, -0.2) is 4.98 Å². The first-order chi connectivity index (χ1) is 14.6. The lowest BCUT2D eigenvalue weighted by molar-refractivity contribution is 0.0869. The number of para-hydroxylation sites is 1. The van der Waals surface area contributed by atoms with E-state index >= 15 is 0 Å². The lowest BCUT2D eigenvalue weighted by Crippen LogP contribution is -2.38. The van der Waals surface area contributed by atoms with E-state index in [4.69, 9.17) is 14.5 Å². The van der Waals surface area contributed by atoms with Crippen molar-refractivity contribution in [2.75, 3.05) is 14.2 Å². The minimum absolute atomic E-state index is 0.0809. The molecule has 0 bridgehead atoms. The predicted molar refractivity (Wildman–Crippen MR) is 116 cm³/mol. The highest BCUT2D eigenvalue weighted by Crippen LogP contribution is 2.33. The molecule has 1 heterocycles. The molecule has 6 heteroatoms. The highest BCUT2D eigenvalue weighted by molar-refractivity contribution is 6.07. The summed E-state index contributed by atoms with van der Waals surface area (Å²) in [6.07, 6.45) is 2.77. The van der Waals surface area contributed by atoms with Gasteiger partial charge in [0.05, 0.1) is 37.1 Å². The van der Waals surface area contributed by atoms with Crippen LogP contribution in [0.1, 0.15) is 36.0 Å². The first-order valence-electron chi connectivity index (χ1n) is 10.2. The third kappa shape index (κ3) is 4.09. The highest BCUT2D eigenvalue weighted by Gasteiger charge is 2.23. The van der Waals surface area contributed by atoms with Gasteiger partial charge in [-0.05, 0) is 56.0 Å². The summed E-state index contributed by atoms with van der Waals surface area (Å²) in [5.74, 6) is 1.13. The molecule has 1 aliphatic rings. The monoisotopic (exact) mass is 406 g/mol. The largest absolute Gasteiger partial charge is 0.493 e. The summed E-state index contributed by atoms with van der Waals surface area (Å²) >= 11 is 0. The normalized spacial score (nSPS) is 18.8. The van der Waals surface area contributed by atoms with Crippen molar-refractivity contribution < 1.29 is 19.4 Å². The van der Waals surface area contributed by atoms with Crippen LogP contribution in [-0.2, 0) is 0 Å². The molecule has 1 fully saturated rings. The van der Waals surface area contributed by atoms with Crippen LogP contribution in [-0.4, -0.2) is 42.4 Å². The number of carbonyl (C=O) groups excluding carboxylic acids is 1. The number of ether oxygens (including phenoxy) is 2. The fourth-order valence-electron chi connectivity index (χ4n) is 3.99. The van der Waals surface area contributed by atoms with E-state index < -0.39 is 0 Å². The van der Waals surface area contributed by atoms with E-state index in [1.54, 1.807) is 14.2 Å². The van der Waals surface area contributed by atoms with Crippen LogP contribution in [0.3, 0.4) is 0 Å². The maximum Gasteiger partial charge on any atom is 0.252 e. The van der Waals surface area contributed by atoms with Gasteiger partial charge in [0, 0.05) is 17.0 Å². The molecule has 30 heavy (non-hydrogen) atoms. The molecule has 1 amide bonds. The number of benzene rings is 2. The summed E-state index contributed by atoms with van der Waals surface area (Å²) < 4.78 is 10.7. The van der Waals surface area contributed by atoms with Gasteiger partial charge in [0.1, 0.15) is 0 Å². The number of hydrogen-bond donors (Lipinski definition) is 2. The van der Waals surface area contributed by atoms with Crippen molar-refractivity contribution in [1.82, 2.24) is 10.3 Å². The van der Waals surface area contributed by atoms with Gasteiger partial charge < -0.3 is 19.9 Å². The number of nitrogens with zero attached hydrogens (tertiary/aromatic N) is 1. The molecule has 2 N–H and O–H groups in total. The molecule has 0 aliphatic heterocycles. The summed E-state index contributed by atoms with van der Waals surface area (Å²) in [5.41, 5.74) is 2.89. The second kappa shape index (κ2) is 8.71. The minimum atomic E-state index is -0.253. The van der Waals surface area contributed by atoms with Crippen molar-refractivity contribution in [2.45, 2.75) is 37.8 Å². The molecule has 156 valence electrons. The third-order valence-corrected chi connectivity index (χ3v) is 5.67. The zero-order valence-corrected chi connectivity index (χ0v) is 17.2. The molecule has 1 aliphatic carbocycles. The third-order valence-electron chi connectivity index (χ3n) is 5.67. The zero-order chi connectivity index (χ0) is 21.1. The minimum Gasteiger partial charge on any atom is -0.493 e. The number of fused-ring (bicyclic) bond motifs is 1. The van der Waals surface area contributed by atoms with Crippen LogP contribution in [0.4, 0.5) is 0 Å². The first kappa shape index (κ1) is 20.2. The van der Waals surface area contributed by atoms with Gasteiger partial charge in [-0.3, -0.25) is 4.79 Å². The fourth-order valence-corrected chi connectivity index (χ4v) is 3.99. The molecule has 0 spiro atoms. The van der Waals surface area contributed by atoms with Crippen LogP contribution < -0.4 is 14.8 Å². The number of nitrogens with one attached hydrogen (secondary N) is 1. The molecule has 0 unspecified atom stereocenters. The van der Waals surface area contributed by atoms with Crippen molar-refractivity contribution in [1.29, 1.82) is 0 Å². The van der Waals surface area contributed by atoms with Crippen molar-refractivity contribution >= 4 is 16.8 Å². The van der Waals surface area contributed by atoms with E-state index in [0.29, 0.717) is 22.8 Å². The molecule has 0 saturated heterocycles. The van der Waals surface area contributed by atoms with Crippen molar-refractivity contribution in [2.24, 2.45) is 0 Å². The SMILES string of the molecule is COc1ccc(-c2cc(C(=O)NC3CCC(O)CC3)c3ccccc3n2)cc1OC. The number of amides is 1. The quantitative estimate of drug-likeness (QED) is 0.671. The molecule has 1 saturated carbocycles. The Kier molecular flexibility index (Phi) is 5.86. The number of aliphatic hydroxyl groups is 1. The maximum absolute atomic E-state index is 13.2. The summed E-state index contributed by atoms with van der Waals surface area (Å²) in [7, 11) is 3.19. The molecular formula is C24H26N2O4. The number of carbonyl (C=O) groups is 1. The van der Waals surface area contributed by atoms with Crippen LogP contribution >= 0.6 is 0 Å². The molecule has 2 aromatic carbocycles.